The molecule has 0 aromatic heterocycles. The Bertz CT molecular complexity index is 362. The quantitative estimate of drug-likeness (QED) is 0.776. The SMILES string of the molecule is CCC(C)(C)NC(=O)CN1CCS(=O)(=O)CC1. The maximum Gasteiger partial charge on any atom is 0.234 e. The summed E-state index contributed by atoms with van der Waals surface area (Å²) in [6.07, 6.45) is 0.868. The van der Waals surface area contributed by atoms with E-state index in [0.717, 1.165) is 6.42 Å². The first-order valence-corrected chi connectivity index (χ1v) is 7.80. The van der Waals surface area contributed by atoms with E-state index >= 15 is 0 Å². The third-order valence-corrected chi connectivity index (χ3v) is 4.78. The van der Waals surface area contributed by atoms with E-state index in [-0.39, 0.29) is 23.0 Å². The molecule has 1 saturated heterocycles. The van der Waals surface area contributed by atoms with Gasteiger partial charge in [-0.25, -0.2) is 8.42 Å². The largest absolute Gasteiger partial charge is 0.350 e. The summed E-state index contributed by atoms with van der Waals surface area (Å²) >= 11 is 0. The summed E-state index contributed by atoms with van der Waals surface area (Å²) < 4.78 is 22.5. The van der Waals surface area contributed by atoms with E-state index in [0.29, 0.717) is 19.6 Å². The van der Waals surface area contributed by atoms with Crippen LogP contribution in [0.2, 0.25) is 0 Å². The van der Waals surface area contributed by atoms with Crippen molar-refractivity contribution in [3.63, 3.8) is 0 Å². The van der Waals surface area contributed by atoms with Gasteiger partial charge in [0.05, 0.1) is 18.1 Å². The normalized spacial score (nSPS) is 21.1. The second kappa shape index (κ2) is 5.35. The summed E-state index contributed by atoms with van der Waals surface area (Å²) in [5.74, 6) is 0.297. The summed E-state index contributed by atoms with van der Waals surface area (Å²) in [6.45, 7) is 7.19. The van der Waals surface area contributed by atoms with Crippen LogP contribution in [0.4, 0.5) is 0 Å². The molecule has 1 amide bonds. The Kier molecular flexibility index (Phi) is 4.55. The molecule has 0 saturated carbocycles. The number of hydrogen-bond donors (Lipinski definition) is 1. The lowest BCUT2D eigenvalue weighted by atomic mass is 10.0. The van der Waals surface area contributed by atoms with Crippen molar-refractivity contribution < 1.29 is 13.2 Å². The Labute approximate surface area is 103 Å². The first-order valence-electron chi connectivity index (χ1n) is 5.98. The predicted molar refractivity (Wildman–Crippen MR) is 67.6 cm³/mol. The molecule has 1 aliphatic rings. The van der Waals surface area contributed by atoms with Crippen LogP contribution < -0.4 is 5.32 Å². The fourth-order valence-corrected chi connectivity index (χ4v) is 2.89. The Morgan fingerprint density at radius 1 is 1.29 bits per heavy atom. The maximum atomic E-state index is 11.7. The van der Waals surface area contributed by atoms with Gasteiger partial charge in [0.1, 0.15) is 0 Å². The maximum absolute atomic E-state index is 11.7. The number of hydrogen-bond acceptors (Lipinski definition) is 4. The zero-order chi connectivity index (χ0) is 13.1. The van der Waals surface area contributed by atoms with Crippen LogP contribution in [0.5, 0.6) is 0 Å². The van der Waals surface area contributed by atoms with E-state index < -0.39 is 9.84 Å². The molecule has 1 aliphatic heterocycles. The Morgan fingerprint density at radius 3 is 2.29 bits per heavy atom. The summed E-state index contributed by atoms with van der Waals surface area (Å²) in [5.41, 5.74) is -0.195. The third-order valence-electron chi connectivity index (χ3n) is 3.17. The highest BCUT2D eigenvalue weighted by Crippen LogP contribution is 2.07. The highest BCUT2D eigenvalue weighted by atomic mass is 32.2. The minimum atomic E-state index is -2.86. The van der Waals surface area contributed by atoms with Gasteiger partial charge in [-0.2, -0.15) is 0 Å². The molecule has 0 aliphatic carbocycles. The molecule has 0 aromatic rings. The number of amides is 1. The fraction of sp³-hybridized carbons (Fsp3) is 0.909. The third kappa shape index (κ3) is 5.04. The van der Waals surface area contributed by atoms with Crippen LogP contribution in [-0.2, 0) is 14.6 Å². The van der Waals surface area contributed by atoms with Gasteiger partial charge in [0, 0.05) is 18.6 Å². The van der Waals surface area contributed by atoms with Crippen LogP contribution in [0.3, 0.4) is 0 Å². The number of sulfone groups is 1. The predicted octanol–water partition coefficient (Wildman–Crippen LogP) is 0.0216. The van der Waals surface area contributed by atoms with Gasteiger partial charge in [-0.15, -0.1) is 0 Å². The molecular weight excluding hydrogens is 240 g/mol. The second-order valence-corrected chi connectivity index (χ2v) is 7.52. The van der Waals surface area contributed by atoms with Crippen molar-refractivity contribution in [2.24, 2.45) is 0 Å². The summed E-state index contributed by atoms with van der Waals surface area (Å²) in [5, 5.41) is 2.94. The van der Waals surface area contributed by atoms with Crippen molar-refractivity contribution in [2.75, 3.05) is 31.1 Å². The second-order valence-electron chi connectivity index (χ2n) is 5.21. The number of carbonyl (C=O) groups excluding carboxylic acids is 1. The molecular formula is C11H22N2O3S. The van der Waals surface area contributed by atoms with Crippen LogP contribution in [-0.4, -0.2) is 55.9 Å². The van der Waals surface area contributed by atoms with Crippen molar-refractivity contribution in [3.8, 4) is 0 Å². The molecule has 0 spiro atoms. The molecule has 1 heterocycles. The lowest BCUT2D eigenvalue weighted by molar-refractivity contribution is -0.123. The van der Waals surface area contributed by atoms with Crippen molar-refractivity contribution in [2.45, 2.75) is 32.7 Å². The number of nitrogens with one attached hydrogen (secondary N) is 1. The van der Waals surface area contributed by atoms with E-state index in [1.165, 1.54) is 0 Å². The fourth-order valence-electron chi connectivity index (χ4n) is 1.62. The van der Waals surface area contributed by atoms with E-state index in [1.54, 1.807) is 0 Å². The topological polar surface area (TPSA) is 66.5 Å². The Morgan fingerprint density at radius 2 is 1.82 bits per heavy atom. The summed E-state index contributed by atoms with van der Waals surface area (Å²) in [4.78, 5) is 13.6. The summed E-state index contributed by atoms with van der Waals surface area (Å²) in [7, 11) is -2.86. The standard InChI is InChI=1S/C11H22N2O3S/c1-4-11(2,3)12-10(14)9-13-5-7-17(15,16)8-6-13/h4-9H2,1-3H3,(H,12,14). The lowest BCUT2D eigenvalue weighted by Crippen LogP contribution is -2.50. The van der Waals surface area contributed by atoms with Crippen LogP contribution in [0.15, 0.2) is 0 Å². The van der Waals surface area contributed by atoms with Gasteiger partial charge in [0.15, 0.2) is 9.84 Å². The Balaban J connectivity index is 2.38. The smallest absolute Gasteiger partial charge is 0.234 e. The van der Waals surface area contributed by atoms with Gasteiger partial charge in [-0.3, -0.25) is 9.69 Å². The van der Waals surface area contributed by atoms with Gasteiger partial charge in [-0.05, 0) is 20.3 Å². The monoisotopic (exact) mass is 262 g/mol. The van der Waals surface area contributed by atoms with Crippen LogP contribution in [0.25, 0.3) is 0 Å². The lowest BCUT2D eigenvalue weighted by Gasteiger charge is -2.29. The van der Waals surface area contributed by atoms with E-state index in [1.807, 2.05) is 25.7 Å². The van der Waals surface area contributed by atoms with E-state index in [4.69, 9.17) is 0 Å². The molecule has 6 heteroatoms. The van der Waals surface area contributed by atoms with E-state index in [2.05, 4.69) is 5.32 Å². The number of carbonyl (C=O) groups is 1. The van der Waals surface area contributed by atoms with Crippen molar-refractivity contribution >= 4 is 15.7 Å². The highest BCUT2D eigenvalue weighted by molar-refractivity contribution is 7.91. The van der Waals surface area contributed by atoms with Gasteiger partial charge >= 0.3 is 0 Å². The zero-order valence-electron chi connectivity index (χ0n) is 10.8. The molecule has 1 fully saturated rings. The van der Waals surface area contributed by atoms with Gasteiger partial charge in [-0.1, -0.05) is 6.92 Å². The molecule has 1 N–H and O–H groups in total. The molecule has 5 nitrogen and oxygen atoms in total. The van der Waals surface area contributed by atoms with Crippen LogP contribution >= 0.6 is 0 Å². The molecule has 0 unspecified atom stereocenters. The molecule has 1 rings (SSSR count). The molecule has 0 radical (unpaired) electrons. The zero-order valence-corrected chi connectivity index (χ0v) is 11.6. The first-order chi connectivity index (χ1) is 7.74. The molecule has 0 atom stereocenters. The number of rotatable bonds is 4. The minimum absolute atomic E-state index is 0.0313. The molecule has 17 heavy (non-hydrogen) atoms. The molecule has 0 bridgehead atoms. The average molecular weight is 262 g/mol. The van der Waals surface area contributed by atoms with Crippen LogP contribution in [0, 0.1) is 0 Å². The minimum Gasteiger partial charge on any atom is -0.350 e. The van der Waals surface area contributed by atoms with Crippen LogP contribution in [0.1, 0.15) is 27.2 Å². The van der Waals surface area contributed by atoms with Crippen molar-refractivity contribution in [3.05, 3.63) is 0 Å². The van der Waals surface area contributed by atoms with Gasteiger partial charge in [0.25, 0.3) is 0 Å². The van der Waals surface area contributed by atoms with Crippen molar-refractivity contribution in [1.29, 1.82) is 0 Å². The first kappa shape index (κ1) is 14.4. The average Bonchev–Trinajstić information content (AvgIpc) is 2.20. The highest BCUT2D eigenvalue weighted by Gasteiger charge is 2.24. The molecule has 100 valence electrons. The van der Waals surface area contributed by atoms with Gasteiger partial charge < -0.3 is 5.32 Å². The van der Waals surface area contributed by atoms with Crippen molar-refractivity contribution in [1.82, 2.24) is 10.2 Å². The van der Waals surface area contributed by atoms with E-state index in [9.17, 15) is 13.2 Å². The van der Waals surface area contributed by atoms with Gasteiger partial charge in [0.2, 0.25) is 5.91 Å². The summed E-state index contributed by atoms with van der Waals surface area (Å²) in [6, 6.07) is 0. The number of nitrogens with zero attached hydrogens (tertiary/aromatic N) is 1. The molecule has 0 aromatic carbocycles. The Hall–Kier alpha value is -0.620.